The normalized spacial score (nSPS) is 45.0. The largest absolute Gasteiger partial charge is 0.0929 e. The highest BCUT2D eigenvalue weighted by molar-refractivity contribution is 8.82. The molecule has 0 saturated carbocycles. The van der Waals surface area contributed by atoms with Crippen molar-refractivity contribution in [3.8, 4) is 0 Å². The molecule has 0 aromatic rings. The fourth-order valence-electron chi connectivity index (χ4n) is 0.713. The Balaban J connectivity index is 1.92. The van der Waals surface area contributed by atoms with E-state index in [0.717, 1.165) is 10.5 Å². The predicted molar refractivity (Wildman–Crippen MR) is 47.7 cm³/mol. The molecule has 2 aliphatic rings. The molecule has 0 aromatic heterocycles. The first-order valence-electron chi connectivity index (χ1n) is 2.53. The fraction of sp³-hybridized carbons (Fsp3) is 1.00. The second-order valence-corrected chi connectivity index (χ2v) is 7.14. The van der Waals surface area contributed by atoms with E-state index in [1.165, 1.54) is 11.5 Å². The molecule has 2 rings (SSSR count). The highest BCUT2D eigenvalue weighted by Gasteiger charge is 2.35. The van der Waals surface area contributed by atoms with Gasteiger partial charge in [-0.2, -0.15) is 0 Å². The van der Waals surface area contributed by atoms with Crippen molar-refractivity contribution < 1.29 is 0 Å². The van der Waals surface area contributed by atoms with Crippen LogP contribution in [0.5, 0.6) is 0 Å². The smallest absolute Gasteiger partial charge is 0.0386 e. The molecule has 46 valence electrons. The van der Waals surface area contributed by atoms with Crippen molar-refractivity contribution in [1.29, 1.82) is 0 Å². The number of fused-ring (bicyclic) bond motifs is 1. The quantitative estimate of drug-likeness (QED) is 0.528. The van der Waals surface area contributed by atoms with Crippen molar-refractivity contribution in [3.63, 3.8) is 0 Å². The zero-order valence-corrected chi connectivity index (χ0v) is 7.47. The maximum absolute atomic E-state index is 2.07. The Morgan fingerprint density at radius 1 is 0.875 bits per heavy atom. The third kappa shape index (κ3) is 1.00. The predicted octanol–water partition coefficient (Wildman–Crippen LogP) is 2.51. The van der Waals surface area contributed by atoms with Crippen LogP contribution in [0.3, 0.4) is 0 Å². The third-order valence-electron chi connectivity index (χ3n) is 1.27. The molecule has 2 atom stereocenters. The lowest BCUT2D eigenvalue weighted by molar-refractivity contribution is 0.943. The molecule has 0 spiro atoms. The summed E-state index contributed by atoms with van der Waals surface area (Å²) in [5.74, 6) is 2.76. The zero-order valence-electron chi connectivity index (χ0n) is 4.20. The summed E-state index contributed by atoms with van der Waals surface area (Å²) < 4.78 is 0. The molecule has 0 bridgehead atoms. The first-order valence-corrected chi connectivity index (χ1v) is 7.30. The van der Waals surface area contributed by atoms with Crippen molar-refractivity contribution in [2.45, 2.75) is 10.5 Å². The Kier molecular flexibility index (Phi) is 1.96. The molecule has 0 amide bonds. The molecule has 4 heteroatoms. The summed E-state index contributed by atoms with van der Waals surface area (Å²) in [6.07, 6.45) is 0. The molecule has 0 unspecified atom stereocenters. The number of rotatable bonds is 0. The molecule has 8 heavy (non-hydrogen) atoms. The van der Waals surface area contributed by atoms with Gasteiger partial charge in [0.05, 0.1) is 0 Å². The van der Waals surface area contributed by atoms with Crippen LogP contribution in [0.15, 0.2) is 0 Å². The van der Waals surface area contributed by atoms with Gasteiger partial charge in [-0.1, -0.05) is 43.2 Å². The summed E-state index contributed by atoms with van der Waals surface area (Å²) in [6.45, 7) is 0. The van der Waals surface area contributed by atoms with Crippen LogP contribution in [0, 0.1) is 0 Å². The van der Waals surface area contributed by atoms with Gasteiger partial charge in [0.15, 0.2) is 0 Å². The van der Waals surface area contributed by atoms with Gasteiger partial charge in [-0.25, -0.2) is 0 Å². The molecule has 0 aliphatic carbocycles. The highest BCUT2D eigenvalue weighted by atomic mass is 33.1. The van der Waals surface area contributed by atoms with Crippen LogP contribution in [0.4, 0.5) is 0 Å². The van der Waals surface area contributed by atoms with E-state index in [9.17, 15) is 0 Å². The minimum atomic E-state index is 1.01. The molecular formula is C4H6S4. The first kappa shape index (κ1) is 6.13. The van der Waals surface area contributed by atoms with Gasteiger partial charge in [-0.05, 0) is 0 Å². The van der Waals surface area contributed by atoms with Crippen LogP contribution in [0.25, 0.3) is 0 Å². The zero-order chi connectivity index (χ0) is 5.40. The van der Waals surface area contributed by atoms with Crippen LogP contribution < -0.4 is 0 Å². The monoisotopic (exact) mass is 182 g/mol. The van der Waals surface area contributed by atoms with Gasteiger partial charge in [0, 0.05) is 22.0 Å². The highest BCUT2D eigenvalue weighted by Crippen LogP contribution is 2.54. The minimum absolute atomic E-state index is 1.01. The summed E-state index contributed by atoms with van der Waals surface area (Å²) in [4.78, 5) is 0. The standard InChI is InChI=1S/C4H6S4/c1-3-4(8-7-3)2-6-5-1/h3-4H,1-2H2/t3-,4-/m0/s1. The number of hydrogen-bond donors (Lipinski definition) is 0. The molecular weight excluding hydrogens is 176 g/mol. The van der Waals surface area contributed by atoms with E-state index in [4.69, 9.17) is 0 Å². The molecule has 0 nitrogen and oxygen atoms in total. The first-order chi connectivity index (χ1) is 3.97. The van der Waals surface area contributed by atoms with E-state index in [1.54, 1.807) is 0 Å². The minimum Gasteiger partial charge on any atom is -0.0929 e. The molecule has 0 radical (unpaired) electrons. The molecule has 2 saturated heterocycles. The lowest BCUT2D eigenvalue weighted by Crippen LogP contribution is -2.33. The van der Waals surface area contributed by atoms with E-state index >= 15 is 0 Å². The summed E-state index contributed by atoms with van der Waals surface area (Å²) >= 11 is 0. The van der Waals surface area contributed by atoms with Gasteiger partial charge in [-0.15, -0.1) is 0 Å². The number of hydrogen-bond acceptors (Lipinski definition) is 4. The van der Waals surface area contributed by atoms with Gasteiger partial charge >= 0.3 is 0 Å². The van der Waals surface area contributed by atoms with Crippen LogP contribution >= 0.6 is 43.2 Å². The average molecular weight is 182 g/mol. The lowest BCUT2D eigenvalue weighted by Gasteiger charge is -2.37. The van der Waals surface area contributed by atoms with Gasteiger partial charge in [0.1, 0.15) is 0 Å². The Morgan fingerprint density at radius 2 is 1.38 bits per heavy atom. The SMILES string of the molecule is C1SSC[C@@H]2SS[C@@H]12. The van der Waals surface area contributed by atoms with Gasteiger partial charge < -0.3 is 0 Å². The van der Waals surface area contributed by atoms with Crippen molar-refractivity contribution in [3.05, 3.63) is 0 Å². The summed E-state index contributed by atoms with van der Waals surface area (Å²) in [5, 5.41) is 2.01. The topological polar surface area (TPSA) is 0 Å². The Hall–Kier alpha value is 1.40. The Labute approximate surface area is 65.1 Å². The molecule has 0 N–H and O–H groups in total. The van der Waals surface area contributed by atoms with E-state index in [-0.39, 0.29) is 0 Å². The van der Waals surface area contributed by atoms with E-state index in [0.29, 0.717) is 0 Å². The fourth-order valence-corrected chi connectivity index (χ4v) is 7.60. The van der Waals surface area contributed by atoms with Crippen molar-refractivity contribution in [2.24, 2.45) is 0 Å². The molecule has 2 heterocycles. The van der Waals surface area contributed by atoms with Crippen LogP contribution in [-0.2, 0) is 0 Å². The van der Waals surface area contributed by atoms with E-state index in [1.807, 2.05) is 21.6 Å². The van der Waals surface area contributed by atoms with Gasteiger partial charge in [-0.3, -0.25) is 0 Å². The molecule has 0 aromatic carbocycles. The summed E-state index contributed by atoms with van der Waals surface area (Å²) in [5.41, 5.74) is 0. The second kappa shape index (κ2) is 2.56. The Morgan fingerprint density at radius 3 is 1.62 bits per heavy atom. The van der Waals surface area contributed by atoms with E-state index < -0.39 is 0 Å². The lowest BCUT2D eigenvalue weighted by atomic mass is 10.3. The van der Waals surface area contributed by atoms with Crippen LogP contribution in [0.1, 0.15) is 0 Å². The summed E-state index contributed by atoms with van der Waals surface area (Å²) in [7, 11) is 8.22. The van der Waals surface area contributed by atoms with E-state index in [2.05, 4.69) is 21.6 Å². The second-order valence-electron chi connectivity index (χ2n) is 1.84. The van der Waals surface area contributed by atoms with Gasteiger partial charge in [0.2, 0.25) is 0 Å². The molecule has 2 fully saturated rings. The summed E-state index contributed by atoms with van der Waals surface area (Å²) in [6, 6.07) is 0. The average Bonchev–Trinajstić information content (AvgIpc) is 1.72. The van der Waals surface area contributed by atoms with Crippen LogP contribution in [0.2, 0.25) is 0 Å². The maximum atomic E-state index is 2.07. The Bertz CT molecular complexity index is 82.0. The molecule has 2 aliphatic heterocycles. The van der Waals surface area contributed by atoms with Gasteiger partial charge in [0.25, 0.3) is 0 Å². The third-order valence-corrected chi connectivity index (χ3v) is 7.75. The maximum Gasteiger partial charge on any atom is 0.0386 e. The van der Waals surface area contributed by atoms with Crippen LogP contribution in [-0.4, -0.2) is 22.0 Å². The van der Waals surface area contributed by atoms with Crippen molar-refractivity contribution in [2.75, 3.05) is 11.5 Å². The van der Waals surface area contributed by atoms with Crippen molar-refractivity contribution in [1.82, 2.24) is 0 Å². The van der Waals surface area contributed by atoms with Crippen molar-refractivity contribution >= 4 is 43.2 Å².